The van der Waals surface area contributed by atoms with E-state index >= 15 is 0 Å². The van der Waals surface area contributed by atoms with Gasteiger partial charge in [-0.15, -0.1) is 0 Å². The zero-order valence-electron chi connectivity index (χ0n) is 30.8. The smallest absolute Gasteiger partial charge is 0.224 e. The predicted molar refractivity (Wildman–Crippen MR) is 213 cm³/mol. The van der Waals surface area contributed by atoms with Gasteiger partial charge in [0, 0.05) is 44.5 Å². The summed E-state index contributed by atoms with van der Waals surface area (Å²) in [6.07, 6.45) is 1.79. The number of carbonyl (C=O) groups excluding carboxylic acids is 2. The second kappa shape index (κ2) is 19.1. The number of unbranched alkanes of at least 4 members (excludes halogenated alkanes) is 1. The van der Waals surface area contributed by atoms with Crippen LogP contribution in [0, 0.1) is 0 Å². The van der Waals surface area contributed by atoms with Crippen LogP contribution in [0.4, 0.5) is 11.4 Å². The molecule has 2 amide bonds. The third-order valence-electron chi connectivity index (χ3n) is 9.63. The van der Waals surface area contributed by atoms with E-state index < -0.39 is 6.29 Å². The van der Waals surface area contributed by atoms with Crippen molar-refractivity contribution in [3.63, 3.8) is 0 Å². The molecular formula is C45H50N4O5. The van der Waals surface area contributed by atoms with Crippen molar-refractivity contribution in [1.29, 1.82) is 0 Å². The van der Waals surface area contributed by atoms with Gasteiger partial charge in [0.15, 0.2) is 6.29 Å². The summed E-state index contributed by atoms with van der Waals surface area (Å²) >= 11 is 0. The molecular weight excluding hydrogens is 677 g/mol. The lowest BCUT2D eigenvalue weighted by molar-refractivity contribution is -0.252. The third kappa shape index (κ3) is 11.1. The van der Waals surface area contributed by atoms with E-state index in [-0.39, 0.29) is 30.6 Å². The van der Waals surface area contributed by atoms with Crippen LogP contribution in [0.1, 0.15) is 72.3 Å². The predicted octanol–water partition coefficient (Wildman–Crippen LogP) is 7.92. The van der Waals surface area contributed by atoms with Gasteiger partial charge in [-0.05, 0) is 77.5 Å². The largest absolute Gasteiger partial charge is 0.397 e. The van der Waals surface area contributed by atoms with Crippen molar-refractivity contribution in [1.82, 2.24) is 10.2 Å². The third-order valence-corrected chi connectivity index (χ3v) is 9.63. The molecule has 1 saturated heterocycles. The minimum atomic E-state index is -0.568. The first-order chi connectivity index (χ1) is 26.3. The molecule has 1 aliphatic heterocycles. The van der Waals surface area contributed by atoms with Crippen LogP contribution in [0.2, 0.25) is 0 Å². The average Bonchev–Trinajstić information content (AvgIpc) is 3.20. The monoisotopic (exact) mass is 726 g/mol. The highest BCUT2D eigenvalue weighted by Crippen LogP contribution is 2.39. The van der Waals surface area contributed by atoms with Gasteiger partial charge >= 0.3 is 0 Å². The number of amides is 2. The molecule has 5 N–H and O–H groups in total. The second-order valence-electron chi connectivity index (χ2n) is 14.0. The van der Waals surface area contributed by atoms with Crippen LogP contribution in [0.25, 0.3) is 11.1 Å². The van der Waals surface area contributed by atoms with Crippen LogP contribution in [0.3, 0.4) is 0 Å². The van der Waals surface area contributed by atoms with E-state index in [2.05, 4.69) is 71.1 Å². The number of anilines is 2. The van der Waals surface area contributed by atoms with Gasteiger partial charge in [-0.25, -0.2) is 0 Å². The molecule has 1 fully saturated rings. The molecule has 280 valence electrons. The lowest BCUT2D eigenvalue weighted by Gasteiger charge is -2.38. The number of hydrogen-bond donors (Lipinski definition) is 4. The zero-order valence-corrected chi connectivity index (χ0v) is 30.8. The highest BCUT2D eigenvalue weighted by atomic mass is 16.7. The number of rotatable bonds is 16. The quantitative estimate of drug-likeness (QED) is 0.0601. The van der Waals surface area contributed by atoms with E-state index in [1.807, 2.05) is 66.7 Å². The molecule has 0 spiro atoms. The van der Waals surface area contributed by atoms with Crippen molar-refractivity contribution in [3.05, 3.63) is 155 Å². The summed E-state index contributed by atoms with van der Waals surface area (Å²) in [4.78, 5) is 27.2. The van der Waals surface area contributed by atoms with Gasteiger partial charge < -0.3 is 30.9 Å². The molecule has 1 heterocycles. The molecule has 9 heteroatoms. The fraction of sp³-hybridized carbons (Fsp3) is 0.289. The normalized spacial score (nSPS) is 16.9. The van der Waals surface area contributed by atoms with Crippen molar-refractivity contribution in [2.75, 3.05) is 24.6 Å². The number of carbonyl (C=O) groups is 2. The average molecular weight is 727 g/mol. The van der Waals surface area contributed by atoms with E-state index in [4.69, 9.17) is 15.2 Å². The molecule has 1 aliphatic rings. The van der Waals surface area contributed by atoms with E-state index in [0.717, 1.165) is 46.5 Å². The lowest BCUT2D eigenvalue weighted by Crippen LogP contribution is -2.37. The molecule has 9 nitrogen and oxygen atoms in total. The standard InChI is InChI=1S/C45H50N4O5/c1-49(29-32-11-3-2-4-12-32)30-39-27-42(35-23-21-33(31-50)22-24-35)54-45(53-39)38-16-10-15-37(26-38)36-14-9-13-34(25-36)28-47-43(51)19-7-8-20-44(52)48-41-18-6-5-17-40(41)46/h2-6,9-18,21-26,39,42,45,50H,7-8,19-20,27-31,46H2,1H3,(H,47,51)(H,48,52). The number of ether oxygens (including phenoxy) is 2. The van der Waals surface area contributed by atoms with Crippen LogP contribution in [-0.2, 0) is 38.8 Å². The SMILES string of the molecule is CN(Cc1ccccc1)CC1CC(c2ccc(CO)cc2)OC(c2cccc(-c3cccc(CNC(=O)CCCCC(=O)Nc4ccccc4N)c3)c2)O1. The van der Waals surface area contributed by atoms with E-state index in [9.17, 15) is 14.7 Å². The van der Waals surface area contributed by atoms with Crippen LogP contribution in [0.5, 0.6) is 0 Å². The van der Waals surface area contributed by atoms with Crippen molar-refractivity contribution in [2.45, 2.75) is 70.3 Å². The van der Waals surface area contributed by atoms with Gasteiger partial charge in [-0.2, -0.15) is 0 Å². The molecule has 5 aromatic carbocycles. The maximum Gasteiger partial charge on any atom is 0.224 e. The van der Waals surface area contributed by atoms with Gasteiger partial charge in [0.25, 0.3) is 0 Å². The number of nitrogens with zero attached hydrogens (tertiary/aromatic N) is 1. The van der Waals surface area contributed by atoms with E-state index in [0.29, 0.717) is 50.0 Å². The maximum atomic E-state index is 12.6. The lowest BCUT2D eigenvalue weighted by atomic mass is 9.98. The Morgan fingerprint density at radius 2 is 1.43 bits per heavy atom. The Labute approximate surface area is 318 Å². The summed E-state index contributed by atoms with van der Waals surface area (Å²) in [5.74, 6) is -0.165. The minimum Gasteiger partial charge on any atom is -0.397 e. The van der Waals surface area contributed by atoms with Crippen molar-refractivity contribution >= 4 is 23.2 Å². The number of nitrogens with two attached hydrogens (primary N) is 1. The molecule has 0 aliphatic carbocycles. The Morgan fingerprint density at radius 3 is 2.19 bits per heavy atom. The molecule has 0 aromatic heterocycles. The minimum absolute atomic E-state index is 0.00119. The van der Waals surface area contributed by atoms with Gasteiger partial charge in [-0.1, -0.05) is 103 Å². The summed E-state index contributed by atoms with van der Waals surface area (Å²) in [6.45, 7) is 1.97. The van der Waals surface area contributed by atoms with Crippen molar-refractivity contribution in [2.24, 2.45) is 0 Å². The Bertz CT molecular complexity index is 1970. The molecule has 6 rings (SSSR count). The Hall–Kier alpha value is -5.32. The van der Waals surface area contributed by atoms with E-state index in [1.54, 1.807) is 12.1 Å². The maximum absolute atomic E-state index is 12.6. The molecule has 0 radical (unpaired) electrons. The van der Waals surface area contributed by atoms with Crippen LogP contribution in [0.15, 0.2) is 127 Å². The van der Waals surface area contributed by atoms with E-state index in [1.165, 1.54) is 5.56 Å². The molecule has 5 aromatic rings. The fourth-order valence-corrected chi connectivity index (χ4v) is 6.75. The van der Waals surface area contributed by atoms with Crippen LogP contribution >= 0.6 is 0 Å². The highest BCUT2D eigenvalue weighted by molar-refractivity contribution is 5.93. The zero-order chi connectivity index (χ0) is 37.7. The number of likely N-dealkylation sites (N-methyl/N-ethyl adjacent to an activating group) is 1. The number of nitrogen functional groups attached to an aromatic ring is 1. The van der Waals surface area contributed by atoms with Gasteiger partial charge in [0.1, 0.15) is 0 Å². The van der Waals surface area contributed by atoms with Gasteiger partial charge in [-0.3, -0.25) is 14.5 Å². The molecule has 54 heavy (non-hydrogen) atoms. The first-order valence-electron chi connectivity index (χ1n) is 18.7. The number of nitrogens with one attached hydrogen (secondary N) is 2. The summed E-state index contributed by atoms with van der Waals surface area (Å²) in [7, 11) is 2.12. The topological polar surface area (TPSA) is 126 Å². The van der Waals surface area contributed by atoms with Crippen molar-refractivity contribution in [3.8, 4) is 11.1 Å². The molecule has 3 unspecified atom stereocenters. The summed E-state index contributed by atoms with van der Waals surface area (Å²) in [6, 6.07) is 42.0. The molecule has 0 bridgehead atoms. The number of hydrogen-bond acceptors (Lipinski definition) is 7. The summed E-state index contributed by atoms with van der Waals surface area (Å²) in [5, 5.41) is 15.4. The summed E-state index contributed by atoms with van der Waals surface area (Å²) < 4.78 is 13.3. The fourth-order valence-electron chi connectivity index (χ4n) is 6.75. The van der Waals surface area contributed by atoms with Gasteiger partial charge in [0.2, 0.25) is 11.8 Å². The van der Waals surface area contributed by atoms with Gasteiger partial charge in [0.05, 0.1) is 30.2 Å². The number of aliphatic hydroxyl groups excluding tert-OH is 1. The Balaban J connectivity index is 1.06. The van der Waals surface area contributed by atoms with Crippen LogP contribution < -0.4 is 16.4 Å². The first kappa shape index (κ1) is 38.4. The number of aliphatic hydroxyl groups is 1. The van der Waals surface area contributed by atoms with Crippen molar-refractivity contribution < 1.29 is 24.2 Å². The van der Waals surface area contributed by atoms with Crippen LogP contribution in [-0.4, -0.2) is 41.5 Å². The second-order valence-corrected chi connectivity index (χ2v) is 14.0. The Morgan fingerprint density at radius 1 is 0.741 bits per heavy atom. The number of para-hydroxylation sites is 2. The summed E-state index contributed by atoms with van der Waals surface area (Å²) in [5.41, 5.74) is 14.2. The molecule has 3 atom stereocenters. The molecule has 0 saturated carbocycles. The highest BCUT2D eigenvalue weighted by Gasteiger charge is 2.33. The first-order valence-corrected chi connectivity index (χ1v) is 18.7. The number of benzene rings is 5. The Kier molecular flexibility index (Phi) is 13.6.